The zero-order chi connectivity index (χ0) is 27.6. The molecule has 4 fully saturated rings. The first-order chi connectivity index (χ1) is 17.8. The second-order valence-corrected chi connectivity index (χ2v) is 15.5. The Hall–Kier alpha value is -0.940. The summed E-state index contributed by atoms with van der Waals surface area (Å²) in [4.78, 5) is 0. The lowest BCUT2D eigenvalue weighted by Crippen LogP contribution is -2.66. The van der Waals surface area contributed by atoms with E-state index in [0.717, 1.165) is 58.0 Å². The molecule has 4 nitrogen and oxygen atoms in total. The third-order valence-corrected chi connectivity index (χ3v) is 13.4. The van der Waals surface area contributed by atoms with Crippen LogP contribution in [0.3, 0.4) is 0 Å². The van der Waals surface area contributed by atoms with Crippen LogP contribution in [0.4, 0.5) is 0 Å². The van der Waals surface area contributed by atoms with Crippen molar-refractivity contribution in [1.29, 1.82) is 0 Å². The summed E-state index contributed by atoms with van der Waals surface area (Å²) in [6.45, 7) is 15.9. The minimum absolute atomic E-state index is 0.0315. The van der Waals surface area contributed by atoms with Crippen LogP contribution in [0.5, 0.6) is 0 Å². The van der Waals surface area contributed by atoms with Crippen LogP contribution >= 0.6 is 0 Å². The average molecular weight is 526 g/mol. The summed E-state index contributed by atoms with van der Waals surface area (Å²) in [5, 5.41) is 38.2. The molecule has 4 N–H and O–H groups in total. The van der Waals surface area contributed by atoms with Crippen molar-refractivity contribution in [3.8, 4) is 0 Å². The van der Waals surface area contributed by atoms with E-state index in [4.69, 9.17) is 0 Å². The van der Waals surface area contributed by atoms with E-state index in [1.807, 2.05) is 13.0 Å². The molecule has 0 heterocycles. The minimum atomic E-state index is -0.765. The fraction of sp³-hybridized carbons (Fsp3) is 0.824. The van der Waals surface area contributed by atoms with E-state index >= 15 is 0 Å². The van der Waals surface area contributed by atoms with Gasteiger partial charge in [-0.15, -0.1) is 0 Å². The molecule has 4 aliphatic carbocycles. The van der Waals surface area contributed by atoms with E-state index in [9.17, 15) is 15.3 Å². The van der Waals surface area contributed by atoms with Crippen molar-refractivity contribution in [2.75, 3.05) is 6.54 Å². The van der Waals surface area contributed by atoms with Gasteiger partial charge in [0.05, 0.1) is 17.8 Å². The van der Waals surface area contributed by atoms with E-state index in [2.05, 4.69) is 64.2 Å². The zero-order valence-corrected chi connectivity index (χ0v) is 25.0. The van der Waals surface area contributed by atoms with Crippen LogP contribution in [0.2, 0.25) is 0 Å². The highest BCUT2D eigenvalue weighted by molar-refractivity contribution is 5.20. The van der Waals surface area contributed by atoms with Crippen LogP contribution in [-0.2, 0) is 6.54 Å². The molecule has 0 aromatic heterocycles. The number of aliphatic hydroxyl groups excluding tert-OH is 2. The van der Waals surface area contributed by atoms with E-state index in [1.165, 1.54) is 18.4 Å². The molecule has 1 aromatic rings. The largest absolute Gasteiger partial charge is 0.393 e. The third-order valence-electron chi connectivity index (χ3n) is 13.4. The Balaban J connectivity index is 1.30. The van der Waals surface area contributed by atoms with Gasteiger partial charge in [0.25, 0.3) is 0 Å². The molecule has 4 heteroatoms. The van der Waals surface area contributed by atoms with Gasteiger partial charge in [-0.3, -0.25) is 0 Å². The summed E-state index contributed by atoms with van der Waals surface area (Å²) in [6, 6.07) is 10.5. The minimum Gasteiger partial charge on any atom is -0.393 e. The second kappa shape index (κ2) is 9.86. The Morgan fingerprint density at radius 3 is 2.29 bits per heavy atom. The second-order valence-electron chi connectivity index (χ2n) is 15.5. The number of nitrogens with one attached hydrogen (secondary N) is 1. The zero-order valence-electron chi connectivity index (χ0n) is 25.0. The van der Waals surface area contributed by atoms with Gasteiger partial charge >= 0.3 is 0 Å². The van der Waals surface area contributed by atoms with Gasteiger partial charge in [-0.05, 0) is 122 Å². The van der Waals surface area contributed by atoms with Gasteiger partial charge in [0, 0.05) is 6.54 Å². The summed E-state index contributed by atoms with van der Waals surface area (Å²) in [5.74, 6) is 1.25. The highest BCUT2D eigenvalue weighted by Crippen LogP contribution is 2.75. The molecule has 5 rings (SSSR count). The fourth-order valence-corrected chi connectivity index (χ4v) is 11.0. The van der Waals surface area contributed by atoms with Crippen LogP contribution in [0.1, 0.15) is 105 Å². The normalized spacial score (nSPS) is 45.5. The first-order valence-corrected chi connectivity index (χ1v) is 15.6. The molecule has 38 heavy (non-hydrogen) atoms. The van der Waals surface area contributed by atoms with Crippen molar-refractivity contribution in [3.05, 3.63) is 35.9 Å². The maximum absolute atomic E-state index is 11.9. The van der Waals surface area contributed by atoms with E-state index < -0.39 is 5.60 Å². The summed E-state index contributed by atoms with van der Waals surface area (Å²) in [5.41, 5.74) is 0.785. The van der Waals surface area contributed by atoms with Crippen molar-refractivity contribution in [2.24, 2.45) is 45.3 Å². The topological polar surface area (TPSA) is 72.7 Å². The summed E-state index contributed by atoms with van der Waals surface area (Å²) >= 11 is 0. The standard InChI is InChI=1S/C34H55NO3/c1-30(2)26-14-19-32(4)27(31(26,3)17-15-28(30)37)21-25(36)29-24(13-18-33(29,32)5)34(6,38)16-10-20-35-22-23-11-8-7-9-12-23/h7-9,11-12,24-29,35-38H,10,13-22H2,1-6H3/t24-,25+,26-,27+,28-,29-,31-,32+,33+,34-/m0/s1. The summed E-state index contributed by atoms with van der Waals surface area (Å²) < 4.78 is 0. The first-order valence-electron chi connectivity index (χ1n) is 15.6. The van der Waals surface area contributed by atoms with Gasteiger partial charge < -0.3 is 20.6 Å². The number of benzene rings is 1. The van der Waals surface area contributed by atoms with Gasteiger partial charge in [0.2, 0.25) is 0 Å². The lowest BCUT2D eigenvalue weighted by molar-refractivity contribution is -0.246. The number of hydrogen-bond donors (Lipinski definition) is 4. The van der Waals surface area contributed by atoms with Crippen LogP contribution in [-0.4, -0.2) is 39.7 Å². The first kappa shape index (κ1) is 28.6. The van der Waals surface area contributed by atoms with Crippen molar-refractivity contribution >= 4 is 0 Å². The predicted molar refractivity (Wildman–Crippen MR) is 154 cm³/mol. The monoisotopic (exact) mass is 525 g/mol. The van der Waals surface area contributed by atoms with Gasteiger partial charge in [0.1, 0.15) is 0 Å². The molecule has 0 radical (unpaired) electrons. The predicted octanol–water partition coefficient (Wildman–Crippen LogP) is 6.32. The molecular weight excluding hydrogens is 470 g/mol. The maximum atomic E-state index is 11.9. The summed E-state index contributed by atoms with van der Waals surface area (Å²) in [7, 11) is 0. The number of hydrogen-bond acceptors (Lipinski definition) is 4. The molecule has 214 valence electrons. The molecule has 0 unspecified atom stereocenters. The van der Waals surface area contributed by atoms with Crippen molar-refractivity contribution < 1.29 is 15.3 Å². The quantitative estimate of drug-likeness (QED) is 0.314. The lowest BCUT2D eigenvalue weighted by Gasteiger charge is -2.70. The van der Waals surface area contributed by atoms with Crippen LogP contribution in [0.25, 0.3) is 0 Å². The van der Waals surface area contributed by atoms with Crippen LogP contribution < -0.4 is 5.32 Å². The SMILES string of the molecule is CC1(C)[C@@H](O)CC[C@]2(C)[C@H]3C[C@@H](O)[C@@H]4[C@@H]([C@@](C)(O)CCCNCc5ccccc5)CC[C@@]4(C)[C@]3(C)CC[C@@H]12. The molecule has 0 spiro atoms. The molecule has 1 aromatic carbocycles. The molecule has 0 aliphatic heterocycles. The van der Waals surface area contributed by atoms with Gasteiger partial charge in [-0.1, -0.05) is 65.0 Å². The highest BCUT2D eigenvalue weighted by atomic mass is 16.3. The van der Waals surface area contributed by atoms with Crippen molar-refractivity contribution in [2.45, 2.75) is 124 Å². The molecule has 4 aliphatic rings. The molecule has 0 bridgehead atoms. The van der Waals surface area contributed by atoms with Crippen molar-refractivity contribution in [3.63, 3.8) is 0 Å². The van der Waals surface area contributed by atoms with E-state index in [0.29, 0.717) is 11.8 Å². The highest BCUT2D eigenvalue weighted by Gasteiger charge is 2.71. The Bertz CT molecular complexity index is 977. The Labute approximate surface area is 232 Å². The number of fused-ring (bicyclic) bond motifs is 5. The average Bonchev–Trinajstić information content (AvgIpc) is 3.25. The summed E-state index contributed by atoms with van der Waals surface area (Å²) in [6.07, 6.45) is 8.35. The van der Waals surface area contributed by atoms with Gasteiger partial charge in [0.15, 0.2) is 0 Å². The molecular formula is C34H55NO3. The Kier molecular flexibility index (Phi) is 7.41. The molecule has 0 saturated heterocycles. The molecule has 10 atom stereocenters. The van der Waals surface area contributed by atoms with Crippen LogP contribution in [0, 0.1) is 45.3 Å². The van der Waals surface area contributed by atoms with Crippen LogP contribution in [0.15, 0.2) is 30.3 Å². The lowest BCUT2D eigenvalue weighted by atomic mass is 9.35. The smallest absolute Gasteiger partial charge is 0.0652 e. The Morgan fingerprint density at radius 1 is 0.895 bits per heavy atom. The number of rotatable bonds is 7. The molecule has 0 amide bonds. The molecule has 4 saturated carbocycles. The number of aliphatic hydroxyl groups is 3. The maximum Gasteiger partial charge on any atom is 0.0652 e. The van der Waals surface area contributed by atoms with E-state index in [-0.39, 0.29) is 45.7 Å². The van der Waals surface area contributed by atoms with Gasteiger partial charge in [-0.25, -0.2) is 0 Å². The van der Waals surface area contributed by atoms with Gasteiger partial charge in [-0.2, -0.15) is 0 Å². The van der Waals surface area contributed by atoms with E-state index in [1.54, 1.807) is 0 Å². The Morgan fingerprint density at radius 2 is 1.58 bits per heavy atom. The van der Waals surface area contributed by atoms with Crippen molar-refractivity contribution in [1.82, 2.24) is 5.32 Å². The third kappa shape index (κ3) is 4.32. The fourth-order valence-electron chi connectivity index (χ4n) is 11.0.